The van der Waals surface area contributed by atoms with Crippen molar-refractivity contribution >= 4 is 28.9 Å². The SMILES string of the molecule is CCc1ccc(C(=O)Nc2c(N)cccc2Cl)o1. The van der Waals surface area contributed by atoms with Crippen LogP contribution in [0.4, 0.5) is 11.4 Å². The lowest BCUT2D eigenvalue weighted by atomic mass is 10.2. The molecule has 3 N–H and O–H groups in total. The molecule has 0 unspecified atom stereocenters. The van der Waals surface area contributed by atoms with Gasteiger partial charge < -0.3 is 15.5 Å². The summed E-state index contributed by atoms with van der Waals surface area (Å²) in [6, 6.07) is 8.44. The molecule has 0 radical (unpaired) electrons. The summed E-state index contributed by atoms with van der Waals surface area (Å²) in [6.07, 6.45) is 0.738. The Morgan fingerprint density at radius 1 is 1.39 bits per heavy atom. The van der Waals surface area contributed by atoms with E-state index >= 15 is 0 Å². The van der Waals surface area contributed by atoms with Crippen molar-refractivity contribution in [2.24, 2.45) is 0 Å². The van der Waals surface area contributed by atoms with Crippen LogP contribution < -0.4 is 11.1 Å². The third-order valence-electron chi connectivity index (χ3n) is 2.52. The van der Waals surface area contributed by atoms with E-state index in [1.807, 2.05) is 6.92 Å². The van der Waals surface area contributed by atoms with Gasteiger partial charge in [0, 0.05) is 6.42 Å². The highest BCUT2D eigenvalue weighted by atomic mass is 35.5. The lowest BCUT2D eigenvalue weighted by molar-refractivity contribution is 0.0995. The summed E-state index contributed by atoms with van der Waals surface area (Å²) in [7, 11) is 0. The van der Waals surface area contributed by atoms with Crippen LogP contribution in [-0.4, -0.2) is 5.91 Å². The van der Waals surface area contributed by atoms with E-state index in [1.54, 1.807) is 30.3 Å². The van der Waals surface area contributed by atoms with E-state index in [0.29, 0.717) is 16.4 Å². The molecule has 1 heterocycles. The summed E-state index contributed by atoms with van der Waals surface area (Å²) in [5.74, 6) is 0.632. The number of halogens is 1. The van der Waals surface area contributed by atoms with Crippen molar-refractivity contribution in [1.29, 1.82) is 0 Å². The smallest absolute Gasteiger partial charge is 0.291 e. The molecular formula is C13H13ClN2O2. The molecule has 0 aliphatic heterocycles. The second kappa shape index (κ2) is 5.14. The van der Waals surface area contributed by atoms with E-state index in [-0.39, 0.29) is 11.7 Å². The van der Waals surface area contributed by atoms with Gasteiger partial charge in [0.05, 0.1) is 16.4 Å². The second-order valence-corrected chi connectivity index (χ2v) is 4.18. The lowest BCUT2D eigenvalue weighted by Gasteiger charge is -2.08. The van der Waals surface area contributed by atoms with Gasteiger partial charge in [0.15, 0.2) is 5.76 Å². The Labute approximate surface area is 110 Å². The predicted octanol–water partition coefficient (Wildman–Crippen LogP) is 3.33. The standard InChI is InChI=1S/C13H13ClN2O2/c1-2-8-6-7-11(18-8)13(17)16-12-9(14)4-3-5-10(12)15/h3-7H,2,15H2,1H3,(H,16,17). The Morgan fingerprint density at radius 2 is 2.17 bits per heavy atom. The number of nitrogens with two attached hydrogens (primary N) is 1. The van der Waals surface area contributed by atoms with Gasteiger partial charge in [0.1, 0.15) is 5.76 Å². The maximum absolute atomic E-state index is 11.9. The molecule has 94 valence electrons. The maximum atomic E-state index is 11.9. The molecule has 0 saturated carbocycles. The number of nitrogens with one attached hydrogen (secondary N) is 1. The molecule has 0 fully saturated rings. The minimum absolute atomic E-state index is 0.242. The third kappa shape index (κ3) is 2.49. The Kier molecular flexibility index (Phi) is 3.58. The van der Waals surface area contributed by atoms with Crippen molar-refractivity contribution in [2.75, 3.05) is 11.1 Å². The first-order valence-corrected chi connectivity index (χ1v) is 5.93. The van der Waals surface area contributed by atoms with E-state index in [9.17, 15) is 4.79 Å². The molecule has 2 rings (SSSR count). The third-order valence-corrected chi connectivity index (χ3v) is 2.83. The van der Waals surface area contributed by atoms with E-state index in [1.165, 1.54) is 0 Å². The van der Waals surface area contributed by atoms with Crippen molar-refractivity contribution in [2.45, 2.75) is 13.3 Å². The number of benzene rings is 1. The molecule has 1 amide bonds. The Morgan fingerprint density at radius 3 is 2.78 bits per heavy atom. The molecule has 0 aliphatic carbocycles. The van der Waals surface area contributed by atoms with Crippen LogP contribution in [0, 0.1) is 0 Å². The zero-order chi connectivity index (χ0) is 13.1. The summed E-state index contributed by atoms with van der Waals surface area (Å²) < 4.78 is 5.35. The van der Waals surface area contributed by atoms with E-state index < -0.39 is 0 Å². The molecule has 4 nitrogen and oxygen atoms in total. The predicted molar refractivity (Wildman–Crippen MR) is 71.9 cm³/mol. The molecular weight excluding hydrogens is 252 g/mol. The monoisotopic (exact) mass is 264 g/mol. The van der Waals surface area contributed by atoms with Gasteiger partial charge in [-0.25, -0.2) is 0 Å². The normalized spacial score (nSPS) is 10.3. The zero-order valence-electron chi connectivity index (χ0n) is 9.87. The Bertz CT molecular complexity index is 558. The molecule has 0 atom stereocenters. The number of hydrogen-bond donors (Lipinski definition) is 2. The summed E-state index contributed by atoms with van der Waals surface area (Å²) in [5.41, 5.74) is 6.57. The minimum atomic E-state index is -0.366. The van der Waals surface area contributed by atoms with Gasteiger partial charge in [-0.3, -0.25) is 4.79 Å². The summed E-state index contributed by atoms with van der Waals surface area (Å²) in [5, 5.41) is 3.04. The lowest BCUT2D eigenvalue weighted by Crippen LogP contribution is -2.12. The van der Waals surface area contributed by atoms with Crippen LogP contribution in [0.3, 0.4) is 0 Å². The molecule has 0 bridgehead atoms. The highest BCUT2D eigenvalue weighted by Crippen LogP contribution is 2.28. The molecule has 18 heavy (non-hydrogen) atoms. The van der Waals surface area contributed by atoms with Crippen LogP contribution in [0.1, 0.15) is 23.2 Å². The largest absolute Gasteiger partial charge is 0.456 e. The molecule has 2 aromatic rings. The van der Waals surface area contributed by atoms with Crippen LogP contribution in [0.15, 0.2) is 34.7 Å². The van der Waals surface area contributed by atoms with E-state index in [0.717, 1.165) is 12.2 Å². The summed E-state index contributed by atoms with van der Waals surface area (Å²) in [6.45, 7) is 1.95. The Hall–Kier alpha value is -1.94. The fraction of sp³-hybridized carbons (Fsp3) is 0.154. The van der Waals surface area contributed by atoms with E-state index in [4.69, 9.17) is 21.8 Å². The van der Waals surface area contributed by atoms with Gasteiger partial charge in [-0.2, -0.15) is 0 Å². The molecule has 0 spiro atoms. The van der Waals surface area contributed by atoms with Crippen molar-refractivity contribution in [3.8, 4) is 0 Å². The van der Waals surface area contributed by atoms with Gasteiger partial charge >= 0.3 is 0 Å². The molecule has 0 aliphatic rings. The minimum Gasteiger partial charge on any atom is -0.456 e. The average molecular weight is 265 g/mol. The number of carbonyl (C=O) groups excluding carboxylic acids is 1. The van der Waals surface area contributed by atoms with E-state index in [2.05, 4.69) is 5.32 Å². The number of para-hydroxylation sites is 1. The molecule has 1 aromatic heterocycles. The van der Waals surface area contributed by atoms with Gasteiger partial charge in [0.2, 0.25) is 0 Å². The zero-order valence-corrected chi connectivity index (χ0v) is 10.6. The van der Waals surface area contributed by atoms with Crippen LogP contribution in [-0.2, 0) is 6.42 Å². The first-order valence-electron chi connectivity index (χ1n) is 5.56. The van der Waals surface area contributed by atoms with Crippen LogP contribution >= 0.6 is 11.6 Å². The number of hydrogen-bond acceptors (Lipinski definition) is 3. The first-order chi connectivity index (χ1) is 8.61. The number of carbonyl (C=O) groups is 1. The average Bonchev–Trinajstić information content (AvgIpc) is 2.82. The second-order valence-electron chi connectivity index (χ2n) is 3.78. The van der Waals surface area contributed by atoms with Crippen molar-refractivity contribution in [3.63, 3.8) is 0 Å². The maximum Gasteiger partial charge on any atom is 0.291 e. The first kappa shape index (κ1) is 12.5. The van der Waals surface area contributed by atoms with Crippen molar-refractivity contribution < 1.29 is 9.21 Å². The number of rotatable bonds is 3. The van der Waals surface area contributed by atoms with Crippen molar-refractivity contribution in [1.82, 2.24) is 0 Å². The van der Waals surface area contributed by atoms with Crippen LogP contribution in [0.2, 0.25) is 5.02 Å². The van der Waals surface area contributed by atoms with Gasteiger partial charge in [0.25, 0.3) is 5.91 Å². The van der Waals surface area contributed by atoms with Gasteiger partial charge in [-0.15, -0.1) is 0 Å². The summed E-state index contributed by atoms with van der Waals surface area (Å²) in [4.78, 5) is 11.9. The number of furan rings is 1. The number of nitrogen functional groups attached to an aromatic ring is 1. The summed E-state index contributed by atoms with van der Waals surface area (Å²) >= 11 is 5.97. The topological polar surface area (TPSA) is 68.3 Å². The molecule has 5 heteroatoms. The number of anilines is 2. The quantitative estimate of drug-likeness (QED) is 0.836. The Balaban J connectivity index is 2.21. The highest BCUT2D eigenvalue weighted by molar-refractivity contribution is 6.34. The van der Waals surface area contributed by atoms with Crippen LogP contribution in [0.25, 0.3) is 0 Å². The fourth-order valence-corrected chi connectivity index (χ4v) is 1.77. The molecule has 1 aromatic carbocycles. The highest BCUT2D eigenvalue weighted by Gasteiger charge is 2.14. The van der Waals surface area contributed by atoms with Gasteiger partial charge in [-0.1, -0.05) is 24.6 Å². The van der Waals surface area contributed by atoms with Crippen LogP contribution in [0.5, 0.6) is 0 Å². The van der Waals surface area contributed by atoms with Crippen molar-refractivity contribution in [3.05, 3.63) is 46.9 Å². The van der Waals surface area contributed by atoms with Gasteiger partial charge in [-0.05, 0) is 24.3 Å². The number of amides is 1. The fourth-order valence-electron chi connectivity index (χ4n) is 1.54. The molecule has 0 saturated heterocycles. The number of aryl methyl sites for hydroxylation is 1.